The molecule has 0 unspecified atom stereocenters. The van der Waals surface area contributed by atoms with Crippen LogP contribution < -0.4 is 14.8 Å². The molecule has 7 nitrogen and oxygen atoms in total. The zero-order valence-electron chi connectivity index (χ0n) is 18.5. The fourth-order valence-corrected chi connectivity index (χ4v) is 3.76. The summed E-state index contributed by atoms with van der Waals surface area (Å²) in [5.41, 5.74) is 4.38. The van der Waals surface area contributed by atoms with Crippen molar-refractivity contribution in [3.05, 3.63) is 78.1 Å². The fraction of sp³-hybridized carbons (Fsp3) is 0.280. The second kappa shape index (κ2) is 10.2. The predicted octanol–water partition coefficient (Wildman–Crippen LogP) is 3.30. The van der Waals surface area contributed by atoms with Crippen LogP contribution in [0, 0.1) is 0 Å². The van der Waals surface area contributed by atoms with Crippen molar-refractivity contribution in [3.63, 3.8) is 0 Å². The summed E-state index contributed by atoms with van der Waals surface area (Å²) < 4.78 is 12.5. The van der Waals surface area contributed by atoms with Crippen molar-refractivity contribution in [2.24, 2.45) is 0 Å². The standard InChI is InChI=1S/C25H28N4O3/c1-31-23-12-19(13-24(14-23)32-2)15-26-25(30)18-28-10-8-20(9-11-28)21-16-27-29(17-21)22-6-4-3-5-7-22/h3-8,12-14,16-17H,9-11,15,18H2,1-2H3,(H,26,30). The second-order valence-corrected chi connectivity index (χ2v) is 7.72. The molecule has 3 aromatic rings. The minimum Gasteiger partial charge on any atom is -0.497 e. The fourth-order valence-electron chi connectivity index (χ4n) is 3.76. The van der Waals surface area contributed by atoms with Crippen LogP contribution in [0.5, 0.6) is 11.5 Å². The van der Waals surface area contributed by atoms with E-state index in [-0.39, 0.29) is 5.91 Å². The Kier molecular flexibility index (Phi) is 6.87. The van der Waals surface area contributed by atoms with Crippen molar-refractivity contribution < 1.29 is 14.3 Å². The van der Waals surface area contributed by atoms with E-state index in [1.807, 2.05) is 59.4 Å². The highest BCUT2D eigenvalue weighted by atomic mass is 16.5. The van der Waals surface area contributed by atoms with Crippen molar-refractivity contribution in [2.75, 3.05) is 33.9 Å². The molecule has 4 rings (SSSR count). The summed E-state index contributed by atoms with van der Waals surface area (Å²) >= 11 is 0. The molecule has 32 heavy (non-hydrogen) atoms. The van der Waals surface area contributed by atoms with Gasteiger partial charge in [-0.05, 0) is 41.8 Å². The third kappa shape index (κ3) is 5.36. The molecule has 2 aromatic carbocycles. The molecule has 0 saturated carbocycles. The molecule has 0 spiro atoms. The quantitative estimate of drug-likeness (QED) is 0.592. The third-order valence-corrected chi connectivity index (χ3v) is 5.54. The van der Waals surface area contributed by atoms with Crippen LogP contribution in [-0.4, -0.2) is 54.4 Å². The topological polar surface area (TPSA) is 68.6 Å². The molecule has 1 N–H and O–H groups in total. The number of carbonyl (C=O) groups is 1. The van der Waals surface area contributed by atoms with Gasteiger partial charge >= 0.3 is 0 Å². The van der Waals surface area contributed by atoms with E-state index in [1.165, 1.54) is 5.57 Å². The Bertz CT molecular complexity index is 1070. The van der Waals surface area contributed by atoms with Gasteiger partial charge in [-0.25, -0.2) is 4.68 Å². The van der Waals surface area contributed by atoms with Crippen LogP contribution in [0.15, 0.2) is 67.0 Å². The molecule has 0 aliphatic carbocycles. The first-order valence-corrected chi connectivity index (χ1v) is 10.6. The molecule has 1 amide bonds. The molecular weight excluding hydrogens is 404 g/mol. The van der Waals surface area contributed by atoms with Crippen LogP contribution in [0.1, 0.15) is 17.5 Å². The number of carbonyl (C=O) groups excluding carboxylic acids is 1. The molecule has 0 radical (unpaired) electrons. The maximum absolute atomic E-state index is 12.5. The molecule has 0 atom stereocenters. The Balaban J connectivity index is 1.29. The number of methoxy groups -OCH3 is 2. The van der Waals surface area contributed by atoms with E-state index < -0.39 is 0 Å². The van der Waals surface area contributed by atoms with Crippen molar-refractivity contribution in [3.8, 4) is 17.2 Å². The molecule has 0 bridgehead atoms. The van der Waals surface area contributed by atoms with E-state index >= 15 is 0 Å². The number of ether oxygens (including phenoxy) is 2. The number of hydrogen-bond acceptors (Lipinski definition) is 5. The normalized spacial score (nSPS) is 14.0. The van der Waals surface area contributed by atoms with E-state index in [0.29, 0.717) is 24.6 Å². The lowest BCUT2D eigenvalue weighted by Gasteiger charge is -2.25. The molecule has 0 fully saturated rings. The average molecular weight is 433 g/mol. The zero-order chi connectivity index (χ0) is 22.3. The van der Waals surface area contributed by atoms with Crippen LogP contribution in [0.2, 0.25) is 0 Å². The number of rotatable bonds is 8. The van der Waals surface area contributed by atoms with Crippen molar-refractivity contribution >= 4 is 11.5 Å². The summed E-state index contributed by atoms with van der Waals surface area (Å²) in [6.45, 7) is 2.38. The second-order valence-electron chi connectivity index (χ2n) is 7.72. The minimum absolute atomic E-state index is 0.000494. The first-order chi connectivity index (χ1) is 15.6. The highest BCUT2D eigenvalue weighted by molar-refractivity contribution is 5.78. The number of aromatic nitrogens is 2. The lowest BCUT2D eigenvalue weighted by atomic mass is 10.0. The third-order valence-electron chi connectivity index (χ3n) is 5.54. The van der Waals surface area contributed by atoms with Gasteiger partial charge in [0, 0.05) is 37.5 Å². The Morgan fingerprint density at radius 3 is 2.50 bits per heavy atom. The van der Waals surface area contributed by atoms with Crippen LogP contribution in [0.25, 0.3) is 11.3 Å². The Morgan fingerprint density at radius 1 is 1.09 bits per heavy atom. The number of amides is 1. The first-order valence-electron chi connectivity index (χ1n) is 10.6. The molecule has 0 saturated heterocycles. The summed E-state index contributed by atoms with van der Waals surface area (Å²) in [6.07, 6.45) is 7.05. The predicted molar refractivity (Wildman–Crippen MR) is 124 cm³/mol. The van der Waals surface area contributed by atoms with Crippen LogP contribution >= 0.6 is 0 Å². The summed E-state index contributed by atoms with van der Waals surface area (Å²) in [4.78, 5) is 14.6. The van der Waals surface area contributed by atoms with E-state index in [4.69, 9.17) is 9.47 Å². The van der Waals surface area contributed by atoms with Gasteiger partial charge in [-0.15, -0.1) is 0 Å². The highest BCUT2D eigenvalue weighted by Gasteiger charge is 2.17. The Morgan fingerprint density at radius 2 is 1.84 bits per heavy atom. The molecule has 166 valence electrons. The summed E-state index contributed by atoms with van der Waals surface area (Å²) in [5, 5.41) is 7.47. The van der Waals surface area contributed by atoms with Crippen LogP contribution in [0.3, 0.4) is 0 Å². The Labute approximate surface area is 188 Å². The Hall–Kier alpha value is -3.58. The van der Waals surface area contributed by atoms with Gasteiger partial charge in [0.05, 0.1) is 32.6 Å². The van der Waals surface area contributed by atoms with E-state index in [9.17, 15) is 4.79 Å². The molecule has 2 heterocycles. The molecule has 1 aliphatic heterocycles. The molecule has 1 aromatic heterocycles. The SMILES string of the molecule is COc1cc(CNC(=O)CN2CC=C(c3cnn(-c4ccccc4)c3)CC2)cc(OC)c1. The van der Waals surface area contributed by atoms with Crippen molar-refractivity contribution in [2.45, 2.75) is 13.0 Å². The zero-order valence-corrected chi connectivity index (χ0v) is 18.5. The smallest absolute Gasteiger partial charge is 0.234 e. The number of nitrogens with one attached hydrogen (secondary N) is 1. The van der Waals surface area contributed by atoms with Gasteiger partial charge < -0.3 is 14.8 Å². The number of nitrogens with zero attached hydrogens (tertiary/aromatic N) is 3. The lowest BCUT2D eigenvalue weighted by molar-refractivity contribution is -0.122. The first kappa shape index (κ1) is 21.6. The highest BCUT2D eigenvalue weighted by Crippen LogP contribution is 2.24. The van der Waals surface area contributed by atoms with Crippen molar-refractivity contribution in [1.29, 1.82) is 0 Å². The number of benzene rings is 2. The maximum atomic E-state index is 12.5. The van der Waals surface area contributed by atoms with Gasteiger partial charge in [0.1, 0.15) is 11.5 Å². The van der Waals surface area contributed by atoms with E-state index in [2.05, 4.69) is 27.6 Å². The lowest BCUT2D eigenvalue weighted by Crippen LogP contribution is -2.39. The van der Waals surface area contributed by atoms with Gasteiger partial charge in [0.15, 0.2) is 0 Å². The van der Waals surface area contributed by atoms with Gasteiger partial charge in [-0.3, -0.25) is 9.69 Å². The largest absolute Gasteiger partial charge is 0.497 e. The van der Waals surface area contributed by atoms with Crippen LogP contribution in [-0.2, 0) is 11.3 Å². The maximum Gasteiger partial charge on any atom is 0.234 e. The van der Waals surface area contributed by atoms with Gasteiger partial charge in [0.25, 0.3) is 0 Å². The van der Waals surface area contributed by atoms with E-state index in [0.717, 1.165) is 36.3 Å². The van der Waals surface area contributed by atoms with Gasteiger partial charge in [0.2, 0.25) is 5.91 Å². The molecule has 1 aliphatic rings. The average Bonchev–Trinajstić information content (AvgIpc) is 3.34. The summed E-state index contributed by atoms with van der Waals surface area (Å²) in [5.74, 6) is 1.41. The monoisotopic (exact) mass is 432 g/mol. The minimum atomic E-state index is 0.000494. The van der Waals surface area contributed by atoms with Gasteiger partial charge in [-0.2, -0.15) is 5.10 Å². The number of hydrogen-bond donors (Lipinski definition) is 1. The summed E-state index contributed by atoms with van der Waals surface area (Å²) in [7, 11) is 3.23. The summed E-state index contributed by atoms with van der Waals surface area (Å²) in [6, 6.07) is 15.7. The molecular formula is C25H28N4O3. The van der Waals surface area contributed by atoms with Crippen molar-refractivity contribution in [1.82, 2.24) is 20.0 Å². The van der Waals surface area contributed by atoms with Crippen LogP contribution in [0.4, 0.5) is 0 Å². The molecule has 7 heteroatoms. The van der Waals surface area contributed by atoms with E-state index in [1.54, 1.807) is 14.2 Å². The number of para-hydroxylation sites is 1. The van der Waals surface area contributed by atoms with Gasteiger partial charge in [-0.1, -0.05) is 24.3 Å².